The fourth-order valence-electron chi connectivity index (χ4n) is 2.42. The van der Waals surface area contributed by atoms with Gasteiger partial charge in [0.15, 0.2) is 0 Å². The van der Waals surface area contributed by atoms with Crippen molar-refractivity contribution in [2.75, 3.05) is 7.11 Å². The summed E-state index contributed by atoms with van der Waals surface area (Å²) >= 11 is 0. The molecule has 1 amide bonds. The van der Waals surface area contributed by atoms with Gasteiger partial charge in [-0.1, -0.05) is 24.3 Å². The van der Waals surface area contributed by atoms with Gasteiger partial charge in [-0.15, -0.1) is 0 Å². The van der Waals surface area contributed by atoms with Crippen molar-refractivity contribution in [3.63, 3.8) is 0 Å². The summed E-state index contributed by atoms with van der Waals surface area (Å²) in [6, 6.07) is 13.5. The van der Waals surface area contributed by atoms with E-state index >= 15 is 0 Å². The zero-order chi connectivity index (χ0) is 15.5. The molecule has 0 saturated heterocycles. The van der Waals surface area contributed by atoms with Crippen LogP contribution in [0.3, 0.4) is 0 Å². The van der Waals surface area contributed by atoms with Crippen molar-refractivity contribution in [1.82, 2.24) is 5.32 Å². The van der Waals surface area contributed by atoms with Gasteiger partial charge >= 0.3 is 0 Å². The normalized spacial score (nSPS) is 15.2. The zero-order valence-corrected chi connectivity index (χ0v) is 12.4. The molecule has 0 unspecified atom stereocenters. The van der Waals surface area contributed by atoms with Crippen LogP contribution in [0, 0.1) is 11.7 Å². The summed E-state index contributed by atoms with van der Waals surface area (Å²) in [6.07, 6.45) is 1.90. The van der Waals surface area contributed by atoms with Gasteiger partial charge < -0.3 is 10.1 Å². The van der Waals surface area contributed by atoms with Gasteiger partial charge in [0.1, 0.15) is 11.6 Å². The average Bonchev–Trinajstić information content (AvgIpc) is 3.38. The Kier molecular flexibility index (Phi) is 4.09. The molecule has 0 spiro atoms. The Morgan fingerprint density at radius 3 is 2.14 bits per heavy atom. The van der Waals surface area contributed by atoms with Crippen molar-refractivity contribution >= 4 is 5.91 Å². The van der Waals surface area contributed by atoms with E-state index in [1.54, 1.807) is 19.2 Å². The van der Waals surface area contributed by atoms with Gasteiger partial charge in [-0.05, 0) is 48.2 Å². The summed E-state index contributed by atoms with van der Waals surface area (Å²) in [4.78, 5) is 12.1. The molecule has 0 heterocycles. The lowest BCUT2D eigenvalue weighted by molar-refractivity contribution is -0.122. The number of halogens is 1. The molecule has 1 atom stereocenters. The van der Waals surface area contributed by atoms with E-state index in [4.69, 9.17) is 4.74 Å². The Labute approximate surface area is 129 Å². The van der Waals surface area contributed by atoms with Gasteiger partial charge in [0.05, 0.1) is 13.2 Å². The second kappa shape index (κ2) is 6.18. The third kappa shape index (κ3) is 3.27. The zero-order valence-electron chi connectivity index (χ0n) is 12.4. The molecular weight excluding hydrogens is 281 g/mol. The van der Waals surface area contributed by atoms with Crippen LogP contribution in [0.25, 0.3) is 0 Å². The fraction of sp³-hybridized carbons (Fsp3) is 0.278. The molecular formula is C18H18FNO2. The van der Waals surface area contributed by atoms with Crippen molar-refractivity contribution in [3.05, 3.63) is 65.5 Å². The molecule has 3 nitrogen and oxygen atoms in total. The first-order valence-electron chi connectivity index (χ1n) is 7.37. The smallest absolute Gasteiger partial charge is 0.223 e. The van der Waals surface area contributed by atoms with Crippen LogP contribution in [0.1, 0.15) is 30.0 Å². The largest absolute Gasteiger partial charge is 0.497 e. The topological polar surface area (TPSA) is 38.3 Å². The number of methoxy groups -OCH3 is 1. The molecule has 4 heteroatoms. The fourth-order valence-corrected chi connectivity index (χ4v) is 2.42. The van der Waals surface area contributed by atoms with E-state index in [0.29, 0.717) is 0 Å². The van der Waals surface area contributed by atoms with Crippen LogP contribution in [0.15, 0.2) is 48.5 Å². The van der Waals surface area contributed by atoms with Gasteiger partial charge in [0, 0.05) is 5.92 Å². The Hall–Kier alpha value is -2.36. The van der Waals surface area contributed by atoms with Crippen LogP contribution < -0.4 is 10.1 Å². The Balaban J connectivity index is 1.89. The van der Waals surface area contributed by atoms with Gasteiger partial charge in [0.25, 0.3) is 0 Å². The van der Waals surface area contributed by atoms with Crippen LogP contribution in [-0.4, -0.2) is 13.0 Å². The summed E-state index contributed by atoms with van der Waals surface area (Å²) in [5.74, 6) is 0.659. The summed E-state index contributed by atoms with van der Waals surface area (Å²) in [5, 5.41) is 3.07. The number of hydrogen-bond donors (Lipinski definition) is 1. The maximum atomic E-state index is 13.1. The number of rotatable bonds is 5. The predicted octanol–water partition coefficient (Wildman–Crippen LogP) is 3.45. The Bertz CT molecular complexity index is 648. The number of benzene rings is 2. The molecule has 3 rings (SSSR count). The highest BCUT2D eigenvalue weighted by molar-refractivity contribution is 5.81. The molecule has 114 valence electrons. The van der Waals surface area contributed by atoms with Crippen molar-refractivity contribution in [3.8, 4) is 5.75 Å². The molecule has 0 aliphatic heterocycles. The van der Waals surface area contributed by atoms with Crippen molar-refractivity contribution in [2.24, 2.45) is 5.92 Å². The summed E-state index contributed by atoms with van der Waals surface area (Å²) in [5.41, 5.74) is 1.81. The van der Waals surface area contributed by atoms with Crippen LogP contribution in [-0.2, 0) is 4.79 Å². The molecule has 1 N–H and O–H groups in total. The summed E-state index contributed by atoms with van der Waals surface area (Å²) < 4.78 is 18.3. The summed E-state index contributed by atoms with van der Waals surface area (Å²) in [6.45, 7) is 0. The first-order chi connectivity index (χ1) is 10.7. The van der Waals surface area contributed by atoms with Crippen LogP contribution in [0.5, 0.6) is 5.75 Å². The van der Waals surface area contributed by atoms with E-state index in [1.807, 2.05) is 24.3 Å². The molecule has 0 bridgehead atoms. The van der Waals surface area contributed by atoms with Gasteiger partial charge in [-0.3, -0.25) is 4.79 Å². The van der Waals surface area contributed by atoms with E-state index in [1.165, 1.54) is 12.1 Å². The van der Waals surface area contributed by atoms with Crippen molar-refractivity contribution in [2.45, 2.75) is 18.9 Å². The molecule has 0 radical (unpaired) electrons. The maximum Gasteiger partial charge on any atom is 0.223 e. The first-order valence-corrected chi connectivity index (χ1v) is 7.37. The minimum absolute atomic E-state index is 0.0603. The Morgan fingerprint density at radius 1 is 1.09 bits per heavy atom. The number of ether oxygens (including phenoxy) is 1. The minimum atomic E-state index is -0.286. The number of nitrogens with one attached hydrogen (secondary N) is 1. The lowest BCUT2D eigenvalue weighted by Gasteiger charge is -2.20. The van der Waals surface area contributed by atoms with Crippen LogP contribution in [0.2, 0.25) is 0 Å². The minimum Gasteiger partial charge on any atom is -0.497 e. The monoisotopic (exact) mass is 299 g/mol. The van der Waals surface area contributed by atoms with E-state index < -0.39 is 0 Å². The highest BCUT2D eigenvalue weighted by atomic mass is 19.1. The highest BCUT2D eigenvalue weighted by Gasteiger charge is 2.31. The van der Waals surface area contributed by atoms with Gasteiger partial charge in [0.2, 0.25) is 5.91 Å². The maximum absolute atomic E-state index is 13.1. The van der Waals surface area contributed by atoms with Crippen LogP contribution in [0.4, 0.5) is 4.39 Å². The molecule has 1 aliphatic carbocycles. The lowest BCUT2D eigenvalue weighted by Crippen LogP contribution is -2.30. The van der Waals surface area contributed by atoms with E-state index in [0.717, 1.165) is 29.7 Å². The quantitative estimate of drug-likeness (QED) is 0.918. The highest BCUT2D eigenvalue weighted by Crippen LogP contribution is 2.31. The molecule has 1 fully saturated rings. The molecule has 2 aromatic carbocycles. The van der Waals surface area contributed by atoms with E-state index in [-0.39, 0.29) is 23.7 Å². The van der Waals surface area contributed by atoms with E-state index in [2.05, 4.69) is 5.32 Å². The second-order valence-corrected chi connectivity index (χ2v) is 5.54. The van der Waals surface area contributed by atoms with Crippen LogP contribution >= 0.6 is 0 Å². The van der Waals surface area contributed by atoms with Gasteiger partial charge in [-0.25, -0.2) is 4.39 Å². The van der Waals surface area contributed by atoms with Gasteiger partial charge in [-0.2, -0.15) is 0 Å². The van der Waals surface area contributed by atoms with Crippen molar-refractivity contribution < 1.29 is 13.9 Å². The third-order valence-corrected chi connectivity index (χ3v) is 3.89. The van der Waals surface area contributed by atoms with Crippen molar-refractivity contribution in [1.29, 1.82) is 0 Å². The molecule has 22 heavy (non-hydrogen) atoms. The number of hydrogen-bond acceptors (Lipinski definition) is 2. The summed E-state index contributed by atoms with van der Waals surface area (Å²) in [7, 11) is 1.61. The average molecular weight is 299 g/mol. The standard InChI is InChI=1S/C18H18FNO2/c1-22-16-10-6-13(7-11-16)17(20-18(21)14-2-3-14)12-4-8-15(19)9-5-12/h4-11,14,17H,2-3H2,1H3,(H,20,21)/t17-/m1/s1. The molecule has 0 aromatic heterocycles. The Morgan fingerprint density at radius 2 is 1.64 bits per heavy atom. The number of amides is 1. The SMILES string of the molecule is COc1ccc([C@H](NC(=O)C2CC2)c2ccc(F)cc2)cc1. The first kappa shape index (κ1) is 14.6. The van der Waals surface area contributed by atoms with E-state index in [9.17, 15) is 9.18 Å². The molecule has 2 aromatic rings. The second-order valence-electron chi connectivity index (χ2n) is 5.54. The number of carbonyl (C=O) groups is 1. The lowest BCUT2D eigenvalue weighted by atomic mass is 9.98. The number of carbonyl (C=O) groups excluding carboxylic acids is 1. The third-order valence-electron chi connectivity index (χ3n) is 3.89. The predicted molar refractivity (Wildman–Crippen MR) is 82.1 cm³/mol. The molecule has 1 saturated carbocycles. The molecule has 1 aliphatic rings.